The van der Waals surface area contributed by atoms with Crippen LogP contribution in [0.1, 0.15) is 23.0 Å². The SMILES string of the molecule is Cn1cnc(C(N)c2ccc(C(F)(F)F)cn2)c1. The Morgan fingerprint density at radius 3 is 2.39 bits per heavy atom. The fraction of sp³-hybridized carbons (Fsp3) is 0.273. The number of nitrogens with zero attached hydrogens (tertiary/aromatic N) is 3. The first-order valence-electron chi connectivity index (χ1n) is 5.14. The predicted octanol–water partition coefficient (Wildman–Crippen LogP) is 1.88. The minimum absolute atomic E-state index is 0.349. The molecule has 0 fully saturated rings. The maximum absolute atomic E-state index is 12.4. The second kappa shape index (κ2) is 4.41. The van der Waals surface area contributed by atoms with Crippen molar-refractivity contribution < 1.29 is 13.2 Å². The van der Waals surface area contributed by atoms with Crippen LogP contribution in [0.25, 0.3) is 0 Å². The molecular formula is C11H11F3N4. The number of aryl methyl sites for hydroxylation is 1. The molecule has 2 rings (SSSR count). The summed E-state index contributed by atoms with van der Waals surface area (Å²) in [6.07, 6.45) is -0.345. The van der Waals surface area contributed by atoms with Crippen LogP contribution in [-0.4, -0.2) is 14.5 Å². The van der Waals surface area contributed by atoms with Gasteiger partial charge in [0.25, 0.3) is 0 Å². The first kappa shape index (κ1) is 12.6. The van der Waals surface area contributed by atoms with Gasteiger partial charge in [-0.1, -0.05) is 0 Å². The van der Waals surface area contributed by atoms with E-state index in [1.807, 2.05) is 0 Å². The third-order valence-corrected chi connectivity index (χ3v) is 2.48. The summed E-state index contributed by atoms with van der Waals surface area (Å²) in [6, 6.07) is 1.60. The molecule has 0 aliphatic carbocycles. The van der Waals surface area contributed by atoms with Gasteiger partial charge >= 0.3 is 6.18 Å². The van der Waals surface area contributed by atoms with Crippen LogP contribution >= 0.6 is 0 Å². The number of alkyl halides is 3. The summed E-state index contributed by atoms with van der Waals surface area (Å²) in [4.78, 5) is 7.78. The highest BCUT2D eigenvalue weighted by atomic mass is 19.4. The Kier molecular flexibility index (Phi) is 3.08. The fourth-order valence-electron chi connectivity index (χ4n) is 1.50. The predicted molar refractivity (Wildman–Crippen MR) is 58.5 cm³/mol. The average molecular weight is 256 g/mol. The minimum Gasteiger partial charge on any atom is -0.340 e. The summed E-state index contributed by atoms with van der Waals surface area (Å²) in [6.45, 7) is 0. The Balaban J connectivity index is 2.24. The van der Waals surface area contributed by atoms with Gasteiger partial charge in [-0.05, 0) is 12.1 Å². The standard InChI is InChI=1S/C11H11F3N4/c1-18-5-9(17-6-18)10(15)8-3-2-7(4-16-8)11(12,13)14/h2-6,10H,15H2,1H3. The van der Waals surface area contributed by atoms with E-state index in [2.05, 4.69) is 9.97 Å². The molecule has 2 N–H and O–H groups in total. The van der Waals surface area contributed by atoms with Crippen LogP contribution in [-0.2, 0) is 13.2 Å². The second-order valence-electron chi connectivity index (χ2n) is 3.91. The van der Waals surface area contributed by atoms with Gasteiger partial charge < -0.3 is 10.3 Å². The Labute approximate surface area is 101 Å². The topological polar surface area (TPSA) is 56.7 Å². The zero-order valence-electron chi connectivity index (χ0n) is 9.52. The normalized spacial score (nSPS) is 13.6. The van der Waals surface area contributed by atoms with Crippen molar-refractivity contribution in [1.82, 2.24) is 14.5 Å². The van der Waals surface area contributed by atoms with E-state index in [1.54, 1.807) is 24.1 Å². The van der Waals surface area contributed by atoms with Crippen LogP contribution in [0.5, 0.6) is 0 Å². The first-order chi connectivity index (χ1) is 8.38. The number of nitrogens with two attached hydrogens (primary N) is 1. The van der Waals surface area contributed by atoms with Crippen molar-refractivity contribution in [3.63, 3.8) is 0 Å². The molecule has 1 atom stereocenters. The largest absolute Gasteiger partial charge is 0.417 e. The highest BCUT2D eigenvalue weighted by Crippen LogP contribution is 2.29. The van der Waals surface area contributed by atoms with E-state index in [0.29, 0.717) is 11.4 Å². The van der Waals surface area contributed by atoms with Crippen LogP contribution in [0.2, 0.25) is 0 Å². The van der Waals surface area contributed by atoms with Crippen molar-refractivity contribution in [3.8, 4) is 0 Å². The number of halogens is 3. The monoisotopic (exact) mass is 256 g/mol. The van der Waals surface area contributed by atoms with Gasteiger partial charge in [0.05, 0.1) is 29.3 Å². The molecule has 0 amide bonds. The lowest BCUT2D eigenvalue weighted by Crippen LogP contribution is -2.15. The summed E-state index contributed by atoms with van der Waals surface area (Å²) in [5.74, 6) is 0. The van der Waals surface area contributed by atoms with Gasteiger partial charge in [-0.2, -0.15) is 13.2 Å². The molecule has 0 aliphatic rings. The smallest absolute Gasteiger partial charge is 0.340 e. The molecule has 2 aromatic heterocycles. The van der Waals surface area contributed by atoms with Crippen LogP contribution in [0, 0.1) is 0 Å². The van der Waals surface area contributed by atoms with E-state index in [-0.39, 0.29) is 0 Å². The van der Waals surface area contributed by atoms with Crippen molar-refractivity contribution in [2.75, 3.05) is 0 Å². The molecular weight excluding hydrogens is 245 g/mol. The molecule has 0 saturated heterocycles. The lowest BCUT2D eigenvalue weighted by atomic mass is 10.1. The second-order valence-corrected chi connectivity index (χ2v) is 3.91. The summed E-state index contributed by atoms with van der Waals surface area (Å²) in [5.41, 5.74) is 5.99. The molecule has 0 saturated carbocycles. The van der Waals surface area contributed by atoms with Crippen molar-refractivity contribution in [3.05, 3.63) is 47.8 Å². The Morgan fingerprint density at radius 2 is 1.94 bits per heavy atom. The number of imidazole rings is 1. The van der Waals surface area contributed by atoms with Crippen LogP contribution < -0.4 is 5.73 Å². The molecule has 0 bridgehead atoms. The van der Waals surface area contributed by atoms with E-state index in [4.69, 9.17) is 5.73 Å². The number of rotatable bonds is 2. The summed E-state index contributed by atoms with van der Waals surface area (Å²) >= 11 is 0. The van der Waals surface area contributed by atoms with Crippen LogP contribution in [0.4, 0.5) is 13.2 Å². The quantitative estimate of drug-likeness (QED) is 0.892. The fourth-order valence-corrected chi connectivity index (χ4v) is 1.50. The van der Waals surface area contributed by atoms with Crippen molar-refractivity contribution >= 4 is 0 Å². The van der Waals surface area contributed by atoms with E-state index in [1.165, 1.54) is 6.07 Å². The van der Waals surface area contributed by atoms with E-state index < -0.39 is 17.8 Å². The Bertz CT molecular complexity index is 530. The van der Waals surface area contributed by atoms with Gasteiger partial charge in [-0.15, -0.1) is 0 Å². The molecule has 4 nitrogen and oxygen atoms in total. The maximum Gasteiger partial charge on any atom is 0.417 e. The third-order valence-electron chi connectivity index (χ3n) is 2.48. The van der Waals surface area contributed by atoms with Gasteiger partial charge in [0.1, 0.15) is 0 Å². The van der Waals surface area contributed by atoms with Gasteiger partial charge in [0.15, 0.2) is 0 Å². The number of pyridine rings is 1. The molecule has 96 valence electrons. The van der Waals surface area contributed by atoms with Crippen LogP contribution in [0.3, 0.4) is 0 Å². The zero-order chi connectivity index (χ0) is 13.3. The maximum atomic E-state index is 12.4. The van der Waals surface area contributed by atoms with Gasteiger partial charge in [-0.3, -0.25) is 4.98 Å². The van der Waals surface area contributed by atoms with Gasteiger partial charge in [-0.25, -0.2) is 4.98 Å². The molecule has 0 radical (unpaired) electrons. The minimum atomic E-state index is -4.39. The van der Waals surface area contributed by atoms with Crippen molar-refractivity contribution in [1.29, 1.82) is 0 Å². The van der Waals surface area contributed by atoms with Crippen molar-refractivity contribution in [2.45, 2.75) is 12.2 Å². The number of hydrogen-bond donors (Lipinski definition) is 1. The number of aromatic nitrogens is 3. The molecule has 0 spiro atoms. The molecule has 1 unspecified atom stereocenters. The Morgan fingerprint density at radius 1 is 1.22 bits per heavy atom. The molecule has 0 aromatic carbocycles. The van der Waals surface area contributed by atoms with E-state index in [0.717, 1.165) is 12.3 Å². The summed E-state index contributed by atoms with van der Waals surface area (Å²) < 4.78 is 38.8. The first-order valence-corrected chi connectivity index (χ1v) is 5.14. The summed E-state index contributed by atoms with van der Waals surface area (Å²) in [5, 5.41) is 0. The number of hydrogen-bond acceptors (Lipinski definition) is 3. The van der Waals surface area contributed by atoms with Gasteiger partial charge in [0, 0.05) is 19.4 Å². The summed E-state index contributed by atoms with van der Waals surface area (Å²) in [7, 11) is 1.78. The highest BCUT2D eigenvalue weighted by molar-refractivity contribution is 5.23. The lowest BCUT2D eigenvalue weighted by molar-refractivity contribution is -0.137. The van der Waals surface area contributed by atoms with E-state index in [9.17, 15) is 13.2 Å². The average Bonchev–Trinajstić information content (AvgIpc) is 2.74. The molecule has 2 aromatic rings. The van der Waals surface area contributed by atoms with Crippen LogP contribution in [0.15, 0.2) is 30.9 Å². The van der Waals surface area contributed by atoms with E-state index >= 15 is 0 Å². The zero-order valence-corrected chi connectivity index (χ0v) is 9.52. The van der Waals surface area contributed by atoms with Crippen molar-refractivity contribution in [2.24, 2.45) is 12.8 Å². The third kappa shape index (κ3) is 2.51. The van der Waals surface area contributed by atoms with Gasteiger partial charge in [0.2, 0.25) is 0 Å². The molecule has 7 heteroatoms. The lowest BCUT2D eigenvalue weighted by Gasteiger charge is -2.10. The highest BCUT2D eigenvalue weighted by Gasteiger charge is 2.30. The molecule has 2 heterocycles. The Hall–Kier alpha value is -1.89. The molecule has 0 aliphatic heterocycles. The molecule has 18 heavy (non-hydrogen) atoms.